The Labute approximate surface area is 368 Å². The molecule has 0 saturated heterocycles. The van der Waals surface area contributed by atoms with Gasteiger partial charge < -0.3 is 9.47 Å². The summed E-state index contributed by atoms with van der Waals surface area (Å²) in [6.45, 7) is 0. The van der Waals surface area contributed by atoms with Gasteiger partial charge in [-0.2, -0.15) is 0 Å². The lowest BCUT2D eigenvalue weighted by Crippen LogP contribution is -2.29. The highest BCUT2D eigenvalue weighted by molar-refractivity contribution is 6.13. The molecule has 0 unspecified atom stereocenters. The van der Waals surface area contributed by atoms with E-state index in [9.17, 15) is 0 Å². The van der Waals surface area contributed by atoms with Gasteiger partial charge in [0.05, 0.1) is 16.4 Å². The normalized spacial score (nSPS) is 12.6. The first-order chi connectivity index (χ1) is 31.3. The summed E-state index contributed by atoms with van der Waals surface area (Å²) in [6, 6.07) is 93.3. The molecule has 0 spiro atoms. The Morgan fingerprint density at radius 3 is 1.32 bits per heavy atom. The van der Waals surface area contributed by atoms with Crippen LogP contribution in [0.25, 0.3) is 60.9 Å². The minimum absolute atomic E-state index is 0.565. The largest absolute Gasteiger partial charge is 0.310 e. The molecule has 2 nitrogen and oxygen atoms in total. The number of aromatic nitrogens is 1. The smallest absolute Gasteiger partial charge is 0.0734 e. The van der Waals surface area contributed by atoms with Gasteiger partial charge in [-0.15, -0.1) is 0 Å². The number of fused-ring (bicyclic) bond motifs is 6. The van der Waals surface area contributed by atoms with Crippen molar-refractivity contribution in [2.24, 2.45) is 0 Å². The van der Waals surface area contributed by atoms with Crippen molar-refractivity contribution in [3.63, 3.8) is 0 Å². The molecule has 1 aromatic heterocycles. The molecule has 1 heterocycles. The highest BCUT2D eigenvalue weighted by atomic mass is 15.1. The highest BCUT2D eigenvalue weighted by Crippen LogP contribution is 2.58. The summed E-state index contributed by atoms with van der Waals surface area (Å²) in [5.74, 6) is 0. The lowest BCUT2D eigenvalue weighted by Gasteiger charge is -2.34. The molecule has 0 amide bonds. The van der Waals surface area contributed by atoms with Gasteiger partial charge in [0.15, 0.2) is 0 Å². The minimum atomic E-state index is -0.565. The van der Waals surface area contributed by atoms with E-state index in [0.29, 0.717) is 0 Å². The predicted octanol–water partition coefficient (Wildman–Crippen LogP) is 16.0. The van der Waals surface area contributed by atoms with Crippen molar-refractivity contribution in [2.45, 2.75) is 5.41 Å². The molecule has 0 saturated carbocycles. The van der Waals surface area contributed by atoms with E-state index in [1.54, 1.807) is 0 Å². The number of para-hydroxylation sites is 2. The third-order valence-corrected chi connectivity index (χ3v) is 13.1. The van der Waals surface area contributed by atoms with Gasteiger partial charge in [0.1, 0.15) is 0 Å². The van der Waals surface area contributed by atoms with Crippen molar-refractivity contribution in [3.8, 4) is 39.1 Å². The summed E-state index contributed by atoms with van der Waals surface area (Å²) in [4.78, 5) is 2.40. The van der Waals surface area contributed by atoms with E-state index in [2.05, 4.69) is 264 Å². The lowest BCUT2D eigenvalue weighted by molar-refractivity contribution is 0.772. The SMILES string of the molecule is c1ccc(-c2ccc(N(c3ccc(-c4ccccc4)cc3)c3ccc4c(c3)c3cccc(C5(c6ccccc6)c6ccccc6-c6ccccc65)c3n4-c3ccccc3)cc2)cc1. The maximum Gasteiger partial charge on any atom is 0.0734 e. The molecule has 1 aliphatic rings. The fourth-order valence-corrected chi connectivity index (χ4v) is 10.3. The number of hydrogen-bond acceptors (Lipinski definition) is 1. The van der Waals surface area contributed by atoms with Crippen LogP contribution in [0.2, 0.25) is 0 Å². The summed E-state index contributed by atoms with van der Waals surface area (Å²) in [7, 11) is 0. The third-order valence-electron chi connectivity index (χ3n) is 13.1. The second-order valence-corrected chi connectivity index (χ2v) is 16.4. The maximum absolute atomic E-state index is 2.51. The molecule has 2 heteroatoms. The quantitative estimate of drug-likeness (QED) is 0.149. The first-order valence-corrected chi connectivity index (χ1v) is 21.8. The zero-order valence-corrected chi connectivity index (χ0v) is 34.6. The zero-order chi connectivity index (χ0) is 41.7. The molecule has 0 atom stereocenters. The third kappa shape index (κ3) is 5.87. The molecule has 10 aromatic carbocycles. The number of benzene rings is 10. The molecule has 63 heavy (non-hydrogen) atoms. The summed E-state index contributed by atoms with van der Waals surface area (Å²) >= 11 is 0. The molecule has 0 aliphatic heterocycles. The van der Waals surface area contributed by atoms with Crippen molar-refractivity contribution in [1.29, 1.82) is 0 Å². The van der Waals surface area contributed by atoms with E-state index in [-0.39, 0.29) is 0 Å². The van der Waals surface area contributed by atoms with Gasteiger partial charge in [-0.05, 0) is 110 Å². The van der Waals surface area contributed by atoms with Crippen molar-refractivity contribution >= 4 is 38.9 Å². The summed E-state index contributed by atoms with van der Waals surface area (Å²) < 4.78 is 2.51. The zero-order valence-electron chi connectivity index (χ0n) is 34.6. The molecular formula is C61H42N2. The fourth-order valence-electron chi connectivity index (χ4n) is 10.3. The average molecular weight is 803 g/mol. The Bertz CT molecular complexity index is 3280. The summed E-state index contributed by atoms with van der Waals surface area (Å²) in [5, 5.41) is 2.41. The highest BCUT2D eigenvalue weighted by Gasteiger charge is 2.47. The topological polar surface area (TPSA) is 8.17 Å². The maximum atomic E-state index is 2.51. The number of nitrogens with zero attached hydrogens (tertiary/aromatic N) is 2. The lowest BCUT2D eigenvalue weighted by atomic mass is 9.67. The van der Waals surface area contributed by atoms with E-state index in [1.165, 1.54) is 71.9 Å². The van der Waals surface area contributed by atoms with Gasteiger partial charge in [-0.1, -0.05) is 200 Å². The fraction of sp³-hybridized carbons (Fsp3) is 0.0164. The van der Waals surface area contributed by atoms with Crippen molar-refractivity contribution in [1.82, 2.24) is 4.57 Å². The van der Waals surface area contributed by atoms with Crippen LogP contribution in [-0.4, -0.2) is 4.57 Å². The molecule has 0 radical (unpaired) electrons. The van der Waals surface area contributed by atoms with Gasteiger partial charge in [0.2, 0.25) is 0 Å². The molecule has 11 aromatic rings. The molecule has 12 rings (SSSR count). The minimum Gasteiger partial charge on any atom is -0.310 e. The van der Waals surface area contributed by atoms with Gasteiger partial charge >= 0.3 is 0 Å². The van der Waals surface area contributed by atoms with Crippen LogP contribution in [-0.2, 0) is 5.41 Å². The predicted molar refractivity (Wildman–Crippen MR) is 264 cm³/mol. The van der Waals surface area contributed by atoms with Crippen LogP contribution in [0.15, 0.2) is 255 Å². The van der Waals surface area contributed by atoms with Crippen LogP contribution in [0.4, 0.5) is 17.1 Å². The Morgan fingerprint density at radius 2 is 0.762 bits per heavy atom. The van der Waals surface area contributed by atoms with Crippen molar-refractivity contribution in [3.05, 3.63) is 277 Å². The number of anilines is 3. The van der Waals surface area contributed by atoms with Crippen LogP contribution < -0.4 is 4.90 Å². The van der Waals surface area contributed by atoms with Crippen molar-refractivity contribution in [2.75, 3.05) is 4.90 Å². The summed E-state index contributed by atoms with van der Waals surface area (Å²) in [5.41, 5.74) is 18.7. The second-order valence-electron chi connectivity index (χ2n) is 16.4. The van der Waals surface area contributed by atoms with E-state index < -0.39 is 5.41 Å². The van der Waals surface area contributed by atoms with Crippen LogP contribution >= 0.6 is 0 Å². The molecule has 1 aliphatic carbocycles. The number of hydrogen-bond donors (Lipinski definition) is 0. The number of rotatable bonds is 8. The first kappa shape index (κ1) is 36.6. The average Bonchev–Trinajstić information content (AvgIpc) is 3.86. The van der Waals surface area contributed by atoms with Crippen LogP contribution in [0, 0.1) is 0 Å². The van der Waals surface area contributed by atoms with Gasteiger partial charge in [0, 0.05) is 33.5 Å². The van der Waals surface area contributed by atoms with Gasteiger partial charge in [-0.3, -0.25) is 0 Å². The van der Waals surface area contributed by atoms with Gasteiger partial charge in [-0.25, -0.2) is 0 Å². The van der Waals surface area contributed by atoms with Crippen LogP contribution in [0.1, 0.15) is 22.3 Å². The van der Waals surface area contributed by atoms with Crippen LogP contribution in [0.5, 0.6) is 0 Å². The Morgan fingerprint density at radius 1 is 0.317 bits per heavy atom. The molecular weight excluding hydrogens is 761 g/mol. The van der Waals surface area contributed by atoms with Crippen molar-refractivity contribution < 1.29 is 0 Å². The molecule has 0 fully saturated rings. The van der Waals surface area contributed by atoms with E-state index in [4.69, 9.17) is 0 Å². The van der Waals surface area contributed by atoms with E-state index >= 15 is 0 Å². The molecule has 0 N–H and O–H groups in total. The molecule has 296 valence electrons. The molecule has 0 bridgehead atoms. The Kier molecular flexibility index (Phi) is 8.76. The van der Waals surface area contributed by atoms with E-state index in [1.807, 2.05) is 0 Å². The Hall–Kier alpha value is -8.20. The first-order valence-electron chi connectivity index (χ1n) is 21.8. The second kappa shape index (κ2) is 15.1. The van der Waals surface area contributed by atoms with Crippen LogP contribution in [0.3, 0.4) is 0 Å². The standard InChI is InChI=1S/C61H42N2/c1-5-18-43(19-6-1)45-32-36-49(37-33-45)62(50-38-34-46(35-39-50)44-20-7-2-8-21-44)51-40-41-59-55(42-51)54-28-17-31-58(60(54)63(59)48-24-11-4-12-25-48)61(47-22-9-3-10-23-47)56-29-15-13-26-52(56)53-27-14-16-30-57(53)61/h1-42H. The summed E-state index contributed by atoms with van der Waals surface area (Å²) in [6.07, 6.45) is 0. The monoisotopic (exact) mass is 802 g/mol. The Balaban J connectivity index is 1.12. The van der Waals surface area contributed by atoms with E-state index in [0.717, 1.165) is 28.3 Å². The van der Waals surface area contributed by atoms with Gasteiger partial charge in [0.25, 0.3) is 0 Å².